The molecular formula is C13H16F3NO2S. The van der Waals surface area contributed by atoms with Crippen molar-refractivity contribution >= 4 is 23.0 Å². The first-order chi connectivity index (χ1) is 9.33. The van der Waals surface area contributed by atoms with Crippen molar-refractivity contribution in [2.75, 3.05) is 13.1 Å². The molecule has 0 spiro atoms. The predicted octanol–water partition coefficient (Wildman–Crippen LogP) is 3.51. The van der Waals surface area contributed by atoms with Crippen LogP contribution in [0.15, 0.2) is 17.5 Å². The number of alkyl halides is 3. The first-order valence-electron chi connectivity index (χ1n) is 6.24. The second-order valence-corrected chi connectivity index (χ2v) is 5.19. The minimum Gasteiger partial charge on any atom is -0.343 e. The second-order valence-electron chi connectivity index (χ2n) is 4.24. The quantitative estimate of drug-likeness (QED) is 0.723. The SMILES string of the molecule is CCN(CCC(F)(F)F)C(=O)CCC(=O)c1cccs1. The Kier molecular flexibility index (Phi) is 6.19. The minimum absolute atomic E-state index is 0.0296. The van der Waals surface area contributed by atoms with Crippen molar-refractivity contribution in [2.45, 2.75) is 32.4 Å². The molecule has 0 fully saturated rings. The zero-order valence-corrected chi connectivity index (χ0v) is 11.9. The van der Waals surface area contributed by atoms with Gasteiger partial charge in [0.2, 0.25) is 5.91 Å². The van der Waals surface area contributed by atoms with Crippen molar-refractivity contribution in [3.05, 3.63) is 22.4 Å². The number of halogens is 3. The lowest BCUT2D eigenvalue weighted by Crippen LogP contribution is -2.34. The Labute approximate surface area is 119 Å². The zero-order chi connectivity index (χ0) is 15.2. The highest BCUT2D eigenvalue weighted by molar-refractivity contribution is 7.12. The largest absolute Gasteiger partial charge is 0.390 e. The number of Topliss-reactive ketones (excluding diaryl/α,β-unsaturated/α-hetero) is 1. The smallest absolute Gasteiger partial charge is 0.343 e. The number of carbonyl (C=O) groups excluding carboxylic acids is 2. The Morgan fingerprint density at radius 2 is 2.00 bits per heavy atom. The number of amides is 1. The van der Waals surface area contributed by atoms with Gasteiger partial charge >= 0.3 is 6.18 Å². The summed E-state index contributed by atoms with van der Waals surface area (Å²) in [6.45, 7) is 1.48. The van der Waals surface area contributed by atoms with Crippen LogP contribution in [0.3, 0.4) is 0 Å². The molecule has 0 aromatic carbocycles. The normalized spacial score (nSPS) is 11.4. The number of ketones is 1. The molecule has 0 atom stereocenters. The molecule has 0 N–H and O–H groups in total. The average molecular weight is 307 g/mol. The van der Waals surface area contributed by atoms with E-state index >= 15 is 0 Å². The predicted molar refractivity (Wildman–Crippen MR) is 70.8 cm³/mol. The van der Waals surface area contributed by atoms with Crippen LogP contribution in [0.5, 0.6) is 0 Å². The second kappa shape index (κ2) is 7.42. The number of hydrogen-bond donors (Lipinski definition) is 0. The molecular weight excluding hydrogens is 291 g/mol. The fraction of sp³-hybridized carbons (Fsp3) is 0.538. The van der Waals surface area contributed by atoms with Crippen LogP contribution in [0.1, 0.15) is 35.9 Å². The summed E-state index contributed by atoms with van der Waals surface area (Å²) in [6.07, 6.45) is -5.32. The van der Waals surface area contributed by atoms with Gasteiger partial charge in [0.05, 0.1) is 11.3 Å². The van der Waals surface area contributed by atoms with Gasteiger partial charge in [0.25, 0.3) is 0 Å². The molecule has 1 aromatic heterocycles. The molecule has 1 heterocycles. The lowest BCUT2D eigenvalue weighted by atomic mass is 10.1. The van der Waals surface area contributed by atoms with E-state index in [9.17, 15) is 22.8 Å². The molecule has 0 aliphatic carbocycles. The van der Waals surface area contributed by atoms with E-state index < -0.39 is 18.5 Å². The molecule has 1 amide bonds. The third-order valence-electron chi connectivity index (χ3n) is 2.76. The molecule has 7 heteroatoms. The Morgan fingerprint density at radius 3 is 2.50 bits per heavy atom. The highest BCUT2D eigenvalue weighted by atomic mass is 32.1. The summed E-state index contributed by atoms with van der Waals surface area (Å²) in [5, 5.41) is 1.76. The Bertz CT molecular complexity index is 443. The third-order valence-corrected chi connectivity index (χ3v) is 3.67. The Morgan fingerprint density at radius 1 is 1.30 bits per heavy atom. The van der Waals surface area contributed by atoms with Gasteiger partial charge in [-0.1, -0.05) is 6.07 Å². The summed E-state index contributed by atoms with van der Waals surface area (Å²) in [5.41, 5.74) is 0. The van der Waals surface area contributed by atoms with E-state index in [1.807, 2.05) is 0 Å². The molecule has 1 rings (SSSR count). The van der Waals surface area contributed by atoms with Crippen LogP contribution in [-0.4, -0.2) is 35.9 Å². The van der Waals surface area contributed by atoms with E-state index in [1.54, 1.807) is 24.4 Å². The molecule has 112 valence electrons. The summed E-state index contributed by atoms with van der Waals surface area (Å²) < 4.78 is 36.4. The molecule has 20 heavy (non-hydrogen) atoms. The van der Waals surface area contributed by atoms with Gasteiger partial charge in [-0.05, 0) is 18.4 Å². The molecule has 0 saturated heterocycles. The van der Waals surface area contributed by atoms with Crippen molar-refractivity contribution < 1.29 is 22.8 Å². The van der Waals surface area contributed by atoms with Gasteiger partial charge < -0.3 is 4.90 Å². The van der Waals surface area contributed by atoms with Crippen molar-refractivity contribution in [2.24, 2.45) is 0 Å². The van der Waals surface area contributed by atoms with E-state index in [1.165, 1.54) is 11.3 Å². The van der Waals surface area contributed by atoms with Gasteiger partial charge in [-0.3, -0.25) is 9.59 Å². The first kappa shape index (κ1) is 16.7. The van der Waals surface area contributed by atoms with Gasteiger partial charge in [0.15, 0.2) is 5.78 Å². The fourth-order valence-corrected chi connectivity index (χ4v) is 2.35. The highest BCUT2D eigenvalue weighted by Gasteiger charge is 2.28. The molecule has 1 aromatic rings. The monoisotopic (exact) mass is 307 g/mol. The number of thiophene rings is 1. The van der Waals surface area contributed by atoms with Crippen LogP contribution in [0.2, 0.25) is 0 Å². The topological polar surface area (TPSA) is 37.4 Å². The van der Waals surface area contributed by atoms with Gasteiger partial charge in [-0.2, -0.15) is 13.2 Å². The van der Waals surface area contributed by atoms with Crippen LogP contribution in [0.4, 0.5) is 13.2 Å². The fourth-order valence-electron chi connectivity index (χ4n) is 1.66. The van der Waals surface area contributed by atoms with Crippen molar-refractivity contribution in [1.29, 1.82) is 0 Å². The van der Waals surface area contributed by atoms with Gasteiger partial charge in [-0.25, -0.2) is 0 Å². The van der Waals surface area contributed by atoms with Crippen LogP contribution in [0, 0.1) is 0 Å². The number of hydrogen-bond acceptors (Lipinski definition) is 3. The first-order valence-corrected chi connectivity index (χ1v) is 7.12. The van der Waals surface area contributed by atoms with Crippen molar-refractivity contribution in [3.63, 3.8) is 0 Å². The summed E-state index contributed by atoms with van der Waals surface area (Å²) in [7, 11) is 0. The Hall–Kier alpha value is -1.37. The number of rotatable bonds is 7. The minimum atomic E-state index is -4.28. The van der Waals surface area contributed by atoms with E-state index in [4.69, 9.17) is 0 Å². The summed E-state index contributed by atoms with van der Waals surface area (Å²) >= 11 is 1.29. The molecule has 0 bridgehead atoms. The average Bonchev–Trinajstić information content (AvgIpc) is 2.89. The maximum atomic E-state index is 12.1. The van der Waals surface area contributed by atoms with Gasteiger partial charge in [0.1, 0.15) is 0 Å². The molecule has 0 radical (unpaired) electrons. The third kappa shape index (κ3) is 5.73. The van der Waals surface area contributed by atoms with Crippen LogP contribution in [-0.2, 0) is 4.79 Å². The highest BCUT2D eigenvalue weighted by Crippen LogP contribution is 2.20. The lowest BCUT2D eigenvalue weighted by molar-refractivity contribution is -0.145. The summed E-state index contributed by atoms with van der Waals surface area (Å²) in [4.78, 5) is 25.2. The van der Waals surface area contributed by atoms with Crippen molar-refractivity contribution in [1.82, 2.24) is 4.90 Å². The molecule has 0 saturated carbocycles. The summed E-state index contributed by atoms with van der Waals surface area (Å²) in [6, 6.07) is 3.40. The zero-order valence-electron chi connectivity index (χ0n) is 11.1. The van der Waals surface area contributed by atoms with Crippen molar-refractivity contribution in [3.8, 4) is 0 Å². The van der Waals surface area contributed by atoms with E-state index in [0.717, 1.165) is 4.90 Å². The molecule has 3 nitrogen and oxygen atoms in total. The maximum absolute atomic E-state index is 12.1. The molecule has 0 aliphatic rings. The lowest BCUT2D eigenvalue weighted by Gasteiger charge is -2.21. The van der Waals surface area contributed by atoms with Crippen LogP contribution in [0.25, 0.3) is 0 Å². The summed E-state index contributed by atoms with van der Waals surface area (Å²) in [5.74, 6) is -0.568. The van der Waals surface area contributed by atoms with Gasteiger partial charge in [-0.15, -0.1) is 11.3 Å². The van der Waals surface area contributed by atoms with E-state index in [2.05, 4.69) is 0 Å². The number of carbonyl (C=O) groups is 2. The van der Waals surface area contributed by atoms with E-state index in [-0.39, 0.29) is 31.7 Å². The van der Waals surface area contributed by atoms with Crippen LogP contribution >= 0.6 is 11.3 Å². The Balaban J connectivity index is 2.41. The van der Waals surface area contributed by atoms with Crippen LogP contribution < -0.4 is 0 Å². The standard InChI is InChI=1S/C13H16F3NO2S/c1-2-17(8-7-13(14,15)16)12(19)6-5-10(18)11-4-3-9-20-11/h3-4,9H,2,5-8H2,1H3. The number of nitrogens with zero attached hydrogens (tertiary/aromatic N) is 1. The molecule has 0 unspecified atom stereocenters. The maximum Gasteiger partial charge on any atom is 0.390 e. The van der Waals surface area contributed by atoms with Gasteiger partial charge in [0, 0.05) is 25.9 Å². The molecule has 0 aliphatic heterocycles. The van der Waals surface area contributed by atoms with E-state index in [0.29, 0.717) is 4.88 Å².